The zero-order valence-electron chi connectivity index (χ0n) is 13.0. The van der Waals surface area contributed by atoms with Crippen molar-refractivity contribution in [1.29, 1.82) is 0 Å². The summed E-state index contributed by atoms with van der Waals surface area (Å²) in [5, 5.41) is 3.00. The Hall–Kier alpha value is -0.980. The van der Waals surface area contributed by atoms with Crippen LogP contribution in [-0.2, 0) is 11.3 Å². The van der Waals surface area contributed by atoms with E-state index in [0.29, 0.717) is 28.9 Å². The molecule has 1 saturated heterocycles. The van der Waals surface area contributed by atoms with E-state index < -0.39 is 0 Å². The molecule has 21 heavy (non-hydrogen) atoms. The molecule has 0 bridgehead atoms. The maximum atomic E-state index is 11.8. The molecule has 3 unspecified atom stereocenters. The number of ether oxygens (including phenoxy) is 1. The van der Waals surface area contributed by atoms with Crippen molar-refractivity contribution in [2.75, 3.05) is 7.05 Å². The molecule has 2 rings (SSSR count). The van der Waals surface area contributed by atoms with Gasteiger partial charge in [-0.25, -0.2) is 0 Å². The Morgan fingerprint density at radius 1 is 1.57 bits per heavy atom. The Morgan fingerprint density at radius 3 is 3.00 bits per heavy atom. The number of hydrogen-bond acceptors (Lipinski definition) is 4. The van der Waals surface area contributed by atoms with Crippen LogP contribution >= 0.6 is 12.2 Å². The van der Waals surface area contributed by atoms with Crippen molar-refractivity contribution in [3.05, 3.63) is 26.9 Å². The largest absolute Gasteiger partial charge is 0.355 e. The SMILES string of the molecule is CCC(C)CC1CCC(n2cc(CNC)c(=O)[nH]c2=S)O1. The highest BCUT2D eigenvalue weighted by atomic mass is 32.1. The predicted molar refractivity (Wildman–Crippen MR) is 85.9 cm³/mol. The summed E-state index contributed by atoms with van der Waals surface area (Å²) in [6.07, 6.45) is 6.33. The van der Waals surface area contributed by atoms with Crippen LogP contribution in [0, 0.1) is 10.7 Å². The first-order valence-electron chi connectivity index (χ1n) is 7.69. The standard InChI is InChI=1S/C15H25N3O2S/c1-4-10(2)7-12-5-6-13(20-12)18-9-11(8-16-3)14(19)17-15(18)21/h9-10,12-13,16H,4-8H2,1-3H3,(H,17,19,21). The molecule has 6 heteroatoms. The van der Waals surface area contributed by atoms with Gasteiger partial charge in [-0.2, -0.15) is 0 Å². The second-order valence-electron chi connectivity index (χ2n) is 5.89. The van der Waals surface area contributed by atoms with E-state index in [1.807, 2.05) is 17.8 Å². The minimum Gasteiger partial charge on any atom is -0.355 e. The van der Waals surface area contributed by atoms with Gasteiger partial charge in [0, 0.05) is 18.3 Å². The van der Waals surface area contributed by atoms with Crippen molar-refractivity contribution < 1.29 is 4.74 Å². The van der Waals surface area contributed by atoms with Gasteiger partial charge in [-0.3, -0.25) is 14.3 Å². The summed E-state index contributed by atoms with van der Waals surface area (Å²) in [5.74, 6) is 0.678. The van der Waals surface area contributed by atoms with E-state index in [2.05, 4.69) is 24.1 Å². The van der Waals surface area contributed by atoms with Crippen molar-refractivity contribution in [1.82, 2.24) is 14.9 Å². The van der Waals surface area contributed by atoms with Crippen molar-refractivity contribution in [3.63, 3.8) is 0 Å². The molecule has 0 saturated carbocycles. The van der Waals surface area contributed by atoms with Gasteiger partial charge in [-0.05, 0) is 44.4 Å². The second-order valence-corrected chi connectivity index (χ2v) is 6.28. The van der Waals surface area contributed by atoms with Gasteiger partial charge >= 0.3 is 0 Å². The highest BCUT2D eigenvalue weighted by Gasteiger charge is 2.27. The summed E-state index contributed by atoms with van der Waals surface area (Å²) in [7, 11) is 1.82. The maximum Gasteiger partial charge on any atom is 0.256 e. The summed E-state index contributed by atoms with van der Waals surface area (Å²) in [6, 6.07) is 0. The normalized spacial score (nSPS) is 23.4. The molecule has 1 aliphatic heterocycles. The van der Waals surface area contributed by atoms with Crippen molar-refractivity contribution in [2.45, 2.75) is 58.4 Å². The third-order valence-corrected chi connectivity index (χ3v) is 4.48. The van der Waals surface area contributed by atoms with Gasteiger partial charge in [0.15, 0.2) is 4.77 Å². The fourth-order valence-electron chi connectivity index (χ4n) is 2.74. The molecule has 2 heterocycles. The highest BCUT2D eigenvalue weighted by Crippen LogP contribution is 2.32. The van der Waals surface area contributed by atoms with E-state index in [1.54, 1.807) is 0 Å². The summed E-state index contributed by atoms with van der Waals surface area (Å²) in [5.41, 5.74) is 0.555. The maximum absolute atomic E-state index is 11.8. The van der Waals surface area contributed by atoms with Crippen LogP contribution in [-0.4, -0.2) is 22.7 Å². The molecule has 0 spiro atoms. The number of H-pyrrole nitrogens is 1. The molecule has 2 N–H and O–H groups in total. The van der Waals surface area contributed by atoms with Gasteiger partial charge in [0.25, 0.3) is 5.56 Å². The number of nitrogens with zero attached hydrogens (tertiary/aromatic N) is 1. The smallest absolute Gasteiger partial charge is 0.256 e. The Morgan fingerprint density at radius 2 is 2.33 bits per heavy atom. The van der Waals surface area contributed by atoms with Crippen LogP contribution in [0.25, 0.3) is 0 Å². The van der Waals surface area contributed by atoms with Gasteiger partial charge < -0.3 is 10.1 Å². The van der Waals surface area contributed by atoms with Crippen LogP contribution < -0.4 is 10.9 Å². The van der Waals surface area contributed by atoms with E-state index in [4.69, 9.17) is 17.0 Å². The molecule has 0 aliphatic carbocycles. The van der Waals surface area contributed by atoms with Crippen LogP contribution in [0.1, 0.15) is 51.3 Å². The Kier molecular flexibility index (Phi) is 5.72. The highest BCUT2D eigenvalue weighted by molar-refractivity contribution is 7.71. The third-order valence-electron chi connectivity index (χ3n) is 4.17. The molecule has 1 aromatic rings. The van der Waals surface area contributed by atoms with Crippen molar-refractivity contribution >= 4 is 12.2 Å². The van der Waals surface area contributed by atoms with Crippen LogP contribution in [0.4, 0.5) is 0 Å². The lowest BCUT2D eigenvalue weighted by molar-refractivity contribution is -0.00927. The minimum atomic E-state index is -0.125. The molecular weight excluding hydrogens is 286 g/mol. The summed E-state index contributed by atoms with van der Waals surface area (Å²) < 4.78 is 8.46. The lowest BCUT2D eigenvalue weighted by Gasteiger charge is -2.19. The van der Waals surface area contributed by atoms with Gasteiger partial charge in [0.2, 0.25) is 0 Å². The quantitative estimate of drug-likeness (QED) is 0.793. The van der Waals surface area contributed by atoms with Crippen LogP contribution in [0.5, 0.6) is 0 Å². The van der Waals surface area contributed by atoms with E-state index >= 15 is 0 Å². The zero-order chi connectivity index (χ0) is 15.4. The van der Waals surface area contributed by atoms with Gasteiger partial charge in [-0.1, -0.05) is 20.3 Å². The molecule has 5 nitrogen and oxygen atoms in total. The average Bonchev–Trinajstić information content (AvgIpc) is 2.90. The summed E-state index contributed by atoms with van der Waals surface area (Å²) >= 11 is 5.28. The Bertz CT molecular complexity index is 581. The Labute approximate surface area is 130 Å². The number of nitrogens with one attached hydrogen (secondary N) is 2. The summed E-state index contributed by atoms with van der Waals surface area (Å²) in [4.78, 5) is 14.6. The van der Waals surface area contributed by atoms with E-state index in [0.717, 1.165) is 19.3 Å². The third kappa shape index (κ3) is 4.02. The molecule has 1 aliphatic rings. The second kappa shape index (κ2) is 7.33. The summed E-state index contributed by atoms with van der Waals surface area (Å²) in [6.45, 7) is 4.99. The molecule has 3 atom stereocenters. The molecule has 0 radical (unpaired) electrons. The van der Waals surface area contributed by atoms with Crippen LogP contribution in [0.2, 0.25) is 0 Å². The fourth-order valence-corrected chi connectivity index (χ4v) is 3.00. The first kappa shape index (κ1) is 16.4. The van der Waals surface area contributed by atoms with E-state index in [-0.39, 0.29) is 11.8 Å². The number of aromatic amines is 1. The number of aromatic nitrogens is 2. The molecule has 118 valence electrons. The predicted octanol–water partition coefficient (Wildman–Crippen LogP) is 2.74. The van der Waals surface area contributed by atoms with Crippen molar-refractivity contribution in [3.8, 4) is 0 Å². The first-order chi connectivity index (χ1) is 10.0. The average molecular weight is 311 g/mol. The van der Waals surface area contributed by atoms with Gasteiger partial charge in [0.05, 0.1) is 6.10 Å². The molecular formula is C15H25N3O2S. The minimum absolute atomic E-state index is 0.0565. The lowest BCUT2D eigenvalue weighted by Crippen LogP contribution is -2.24. The molecule has 1 fully saturated rings. The molecule has 0 aromatic carbocycles. The van der Waals surface area contributed by atoms with E-state index in [1.165, 1.54) is 6.42 Å². The zero-order valence-corrected chi connectivity index (χ0v) is 13.8. The molecule has 1 aromatic heterocycles. The monoisotopic (exact) mass is 311 g/mol. The van der Waals surface area contributed by atoms with Crippen LogP contribution in [0.3, 0.4) is 0 Å². The Balaban J connectivity index is 2.14. The van der Waals surface area contributed by atoms with Gasteiger partial charge in [0.1, 0.15) is 6.23 Å². The van der Waals surface area contributed by atoms with E-state index in [9.17, 15) is 4.79 Å². The topological polar surface area (TPSA) is 59.0 Å². The van der Waals surface area contributed by atoms with Gasteiger partial charge in [-0.15, -0.1) is 0 Å². The first-order valence-corrected chi connectivity index (χ1v) is 8.10. The van der Waals surface area contributed by atoms with Crippen LogP contribution in [0.15, 0.2) is 11.0 Å². The fraction of sp³-hybridized carbons (Fsp3) is 0.733. The number of hydrogen-bond donors (Lipinski definition) is 2. The molecule has 0 amide bonds. The number of rotatable bonds is 6. The van der Waals surface area contributed by atoms with Crippen molar-refractivity contribution in [2.24, 2.45) is 5.92 Å². The lowest BCUT2D eigenvalue weighted by atomic mass is 10.00.